The zero-order valence-corrected chi connectivity index (χ0v) is 11.0. The Hall–Kier alpha value is -2.09. The van der Waals surface area contributed by atoms with E-state index in [0.717, 1.165) is 0 Å². The van der Waals surface area contributed by atoms with Gasteiger partial charge < -0.3 is 15.7 Å². The van der Waals surface area contributed by atoms with Gasteiger partial charge in [0, 0.05) is 6.42 Å². The topological polar surface area (TPSA) is 78.4 Å². The van der Waals surface area contributed by atoms with Gasteiger partial charge in [-0.3, -0.25) is 4.79 Å². The number of amides is 1. The molecule has 1 aromatic carbocycles. The number of aliphatic carboxylic acids is 1. The Balaban J connectivity index is 2.47. The van der Waals surface area contributed by atoms with Crippen LogP contribution in [-0.2, 0) is 16.0 Å². The van der Waals surface area contributed by atoms with Crippen LogP contribution in [0.3, 0.4) is 0 Å². The smallest absolute Gasteiger partial charge is 0.401 e. The SMILES string of the molecule is O=C(CNCC(F)(F)F)N[C@H](Cc1ccccc1)C(=O)O. The van der Waals surface area contributed by atoms with Crippen molar-refractivity contribution in [1.82, 2.24) is 10.6 Å². The van der Waals surface area contributed by atoms with Gasteiger partial charge >= 0.3 is 12.1 Å². The molecule has 0 unspecified atom stereocenters. The Labute approximate surface area is 119 Å². The summed E-state index contributed by atoms with van der Waals surface area (Å²) in [6.07, 6.45) is -4.36. The van der Waals surface area contributed by atoms with Gasteiger partial charge in [-0.25, -0.2) is 4.79 Å². The van der Waals surface area contributed by atoms with Crippen LogP contribution >= 0.6 is 0 Å². The molecule has 1 atom stereocenters. The highest BCUT2D eigenvalue weighted by Crippen LogP contribution is 2.11. The minimum absolute atomic E-state index is 0.0567. The quantitative estimate of drug-likeness (QED) is 0.701. The second-order valence-electron chi connectivity index (χ2n) is 4.37. The second kappa shape index (κ2) is 7.63. The number of nitrogens with one attached hydrogen (secondary N) is 2. The van der Waals surface area contributed by atoms with Gasteiger partial charge in [-0.2, -0.15) is 13.2 Å². The first-order valence-corrected chi connectivity index (χ1v) is 6.11. The minimum atomic E-state index is -4.42. The molecule has 1 rings (SSSR count). The number of alkyl halides is 3. The number of carboxylic acids is 1. The molecule has 0 aliphatic heterocycles. The van der Waals surface area contributed by atoms with Gasteiger partial charge in [0.25, 0.3) is 0 Å². The van der Waals surface area contributed by atoms with Gasteiger partial charge in [-0.15, -0.1) is 0 Å². The van der Waals surface area contributed by atoms with E-state index in [2.05, 4.69) is 5.32 Å². The molecular weight excluding hydrogens is 289 g/mol. The second-order valence-corrected chi connectivity index (χ2v) is 4.37. The van der Waals surface area contributed by atoms with Crippen LogP contribution in [0.25, 0.3) is 0 Å². The van der Waals surface area contributed by atoms with Crippen molar-refractivity contribution >= 4 is 11.9 Å². The molecule has 3 N–H and O–H groups in total. The van der Waals surface area contributed by atoms with Gasteiger partial charge in [-0.05, 0) is 5.56 Å². The highest BCUT2D eigenvalue weighted by Gasteiger charge is 2.27. The lowest BCUT2D eigenvalue weighted by molar-refractivity contribution is -0.142. The number of hydrogen-bond acceptors (Lipinski definition) is 3. The molecule has 8 heteroatoms. The number of carbonyl (C=O) groups is 2. The first-order chi connectivity index (χ1) is 9.78. The monoisotopic (exact) mass is 304 g/mol. The fraction of sp³-hybridized carbons (Fsp3) is 0.385. The number of carboxylic acid groups (broad SMARTS) is 1. The van der Waals surface area contributed by atoms with Crippen LogP contribution in [0.15, 0.2) is 30.3 Å². The Kier molecular flexibility index (Phi) is 6.16. The molecular formula is C13H15F3N2O3. The number of benzene rings is 1. The summed E-state index contributed by atoms with van der Waals surface area (Å²) in [5, 5.41) is 13.1. The summed E-state index contributed by atoms with van der Waals surface area (Å²) in [5.41, 5.74) is 0.702. The summed E-state index contributed by atoms with van der Waals surface area (Å²) < 4.78 is 35.7. The lowest BCUT2D eigenvalue weighted by Crippen LogP contribution is -2.46. The molecule has 5 nitrogen and oxygen atoms in total. The van der Waals surface area contributed by atoms with Crippen LogP contribution in [0.5, 0.6) is 0 Å². The number of halogens is 3. The van der Waals surface area contributed by atoms with Crippen LogP contribution in [0.2, 0.25) is 0 Å². The van der Waals surface area contributed by atoms with Crippen molar-refractivity contribution in [1.29, 1.82) is 0 Å². The zero-order valence-electron chi connectivity index (χ0n) is 11.0. The number of carbonyl (C=O) groups excluding carboxylic acids is 1. The molecule has 0 radical (unpaired) electrons. The minimum Gasteiger partial charge on any atom is -0.480 e. The van der Waals surface area contributed by atoms with E-state index in [1.54, 1.807) is 30.3 Å². The molecule has 116 valence electrons. The van der Waals surface area contributed by atoms with E-state index in [9.17, 15) is 22.8 Å². The Morgan fingerprint density at radius 3 is 2.33 bits per heavy atom. The Morgan fingerprint density at radius 1 is 1.19 bits per heavy atom. The first-order valence-electron chi connectivity index (χ1n) is 6.11. The fourth-order valence-electron chi connectivity index (χ4n) is 1.61. The van der Waals surface area contributed by atoms with Gasteiger partial charge in [0.15, 0.2) is 0 Å². The fourth-order valence-corrected chi connectivity index (χ4v) is 1.61. The Bertz CT molecular complexity index is 477. The normalized spacial score (nSPS) is 12.7. The third-order valence-electron chi connectivity index (χ3n) is 2.53. The molecule has 21 heavy (non-hydrogen) atoms. The van der Waals surface area contributed by atoms with Gasteiger partial charge in [0.1, 0.15) is 6.04 Å². The molecule has 0 aliphatic rings. The van der Waals surface area contributed by atoms with Gasteiger partial charge in [0.05, 0.1) is 13.1 Å². The standard InChI is InChI=1S/C13H15F3N2O3/c14-13(15,16)8-17-7-11(19)18-10(12(20)21)6-9-4-2-1-3-5-9/h1-5,10,17H,6-8H2,(H,18,19)(H,20,21)/t10-/m1/s1. The van der Waals surface area contributed by atoms with E-state index in [-0.39, 0.29) is 6.42 Å². The molecule has 0 fully saturated rings. The van der Waals surface area contributed by atoms with Crippen LogP contribution in [0, 0.1) is 0 Å². The maximum Gasteiger partial charge on any atom is 0.401 e. The molecule has 0 aromatic heterocycles. The average Bonchev–Trinajstić information content (AvgIpc) is 2.37. The highest BCUT2D eigenvalue weighted by atomic mass is 19.4. The number of rotatable bonds is 7. The average molecular weight is 304 g/mol. The third-order valence-corrected chi connectivity index (χ3v) is 2.53. The molecule has 1 amide bonds. The maximum atomic E-state index is 11.9. The summed E-state index contributed by atoms with van der Waals surface area (Å²) in [5.74, 6) is -2.05. The third kappa shape index (κ3) is 7.31. The molecule has 0 saturated carbocycles. The van der Waals surface area contributed by atoms with Gasteiger partial charge in [-0.1, -0.05) is 30.3 Å². The number of hydrogen-bond donors (Lipinski definition) is 3. The zero-order chi connectivity index (χ0) is 15.9. The van der Waals surface area contributed by atoms with E-state index < -0.39 is 37.2 Å². The van der Waals surface area contributed by atoms with Gasteiger partial charge in [0.2, 0.25) is 5.91 Å². The van der Waals surface area contributed by atoms with E-state index in [1.165, 1.54) is 0 Å². The van der Waals surface area contributed by atoms with E-state index in [0.29, 0.717) is 5.56 Å². The van der Waals surface area contributed by atoms with Crippen LogP contribution in [-0.4, -0.2) is 42.3 Å². The van der Waals surface area contributed by atoms with Crippen molar-refractivity contribution in [2.75, 3.05) is 13.1 Å². The highest BCUT2D eigenvalue weighted by molar-refractivity contribution is 5.84. The molecule has 0 heterocycles. The van der Waals surface area contributed by atoms with Crippen molar-refractivity contribution in [3.8, 4) is 0 Å². The predicted molar refractivity (Wildman–Crippen MR) is 68.6 cm³/mol. The first kappa shape index (κ1) is 17.0. The van der Waals surface area contributed by atoms with E-state index in [4.69, 9.17) is 5.11 Å². The summed E-state index contributed by atoms with van der Waals surface area (Å²) in [6, 6.07) is 7.42. The summed E-state index contributed by atoms with van der Waals surface area (Å²) in [4.78, 5) is 22.5. The summed E-state index contributed by atoms with van der Waals surface area (Å²) >= 11 is 0. The molecule has 0 saturated heterocycles. The summed E-state index contributed by atoms with van der Waals surface area (Å²) in [6.45, 7) is -1.91. The Morgan fingerprint density at radius 2 is 1.81 bits per heavy atom. The molecule has 1 aromatic rings. The van der Waals surface area contributed by atoms with Crippen molar-refractivity contribution in [3.63, 3.8) is 0 Å². The van der Waals surface area contributed by atoms with Crippen molar-refractivity contribution < 1.29 is 27.9 Å². The van der Waals surface area contributed by atoms with Crippen molar-refractivity contribution in [2.45, 2.75) is 18.6 Å². The molecule has 0 bridgehead atoms. The van der Waals surface area contributed by atoms with Crippen LogP contribution < -0.4 is 10.6 Å². The summed E-state index contributed by atoms with van der Waals surface area (Å²) in [7, 11) is 0. The molecule has 0 aliphatic carbocycles. The lowest BCUT2D eigenvalue weighted by Gasteiger charge is -2.15. The van der Waals surface area contributed by atoms with Crippen molar-refractivity contribution in [2.24, 2.45) is 0 Å². The van der Waals surface area contributed by atoms with Crippen molar-refractivity contribution in [3.05, 3.63) is 35.9 Å². The lowest BCUT2D eigenvalue weighted by atomic mass is 10.1. The molecule has 0 spiro atoms. The van der Waals surface area contributed by atoms with Crippen LogP contribution in [0.4, 0.5) is 13.2 Å². The predicted octanol–water partition coefficient (Wildman–Crippen LogP) is 0.950. The van der Waals surface area contributed by atoms with E-state index in [1.807, 2.05) is 5.32 Å². The van der Waals surface area contributed by atoms with E-state index >= 15 is 0 Å². The van der Waals surface area contributed by atoms with Crippen LogP contribution in [0.1, 0.15) is 5.56 Å². The maximum absolute atomic E-state index is 11.9. The largest absolute Gasteiger partial charge is 0.480 e.